The van der Waals surface area contributed by atoms with Crippen molar-refractivity contribution in [2.45, 2.75) is 33.7 Å². The van der Waals surface area contributed by atoms with Crippen LogP contribution in [0.15, 0.2) is 23.2 Å². The number of benzene rings is 1. The van der Waals surface area contributed by atoms with E-state index < -0.39 is 0 Å². The molecule has 0 N–H and O–H groups in total. The maximum Gasteiger partial charge on any atom is 0.0646 e. The van der Waals surface area contributed by atoms with Gasteiger partial charge in [-0.15, -0.1) is 0 Å². The second-order valence-electron chi connectivity index (χ2n) is 5.24. The van der Waals surface area contributed by atoms with Gasteiger partial charge in [-0.3, -0.25) is 4.99 Å². The first-order valence-corrected chi connectivity index (χ1v) is 5.16. The fourth-order valence-electron chi connectivity index (χ4n) is 1.89. The molecule has 1 aromatic rings. The summed E-state index contributed by atoms with van der Waals surface area (Å²) in [6.07, 6.45) is 3.11. The molecule has 1 aliphatic rings. The van der Waals surface area contributed by atoms with Gasteiger partial charge in [0.25, 0.3) is 0 Å². The van der Waals surface area contributed by atoms with Gasteiger partial charge in [-0.1, -0.05) is 39.0 Å². The molecule has 1 heterocycles. The van der Waals surface area contributed by atoms with Crippen molar-refractivity contribution in [1.82, 2.24) is 0 Å². The molecule has 14 heavy (non-hydrogen) atoms. The standard InChI is InChI=1S/C13H17N/c1-13(2,3)7-10-4-5-11-8-14-9-12(11)6-10/h4-6,8H,7,9H2,1-3H3. The van der Waals surface area contributed by atoms with E-state index in [4.69, 9.17) is 0 Å². The lowest BCUT2D eigenvalue weighted by Gasteiger charge is -2.18. The van der Waals surface area contributed by atoms with Crippen molar-refractivity contribution < 1.29 is 0 Å². The highest BCUT2D eigenvalue weighted by atomic mass is 14.7. The topological polar surface area (TPSA) is 12.4 Å². The summed E-state index contributed by atoms with van der Waals surface area (Å²) in [5.41, 5.74) is 4.48. The second kappa shape index (κ2) is 3.23. The van der Waals surface area contributed by atoms with Crippen molar-refractivity contribution in [2.24, 2.45) is 10.4 Å². The molecule has 1 aliphatic heterocycles. The summed E-state index contributed by atoms with van der Waals surface area (Å²) in [5.74, 6) is 0. The van der Waals surface area contributed by atoms with Crippen molar-refractivity contribution in [2.75, 3.05) is 0 Å². The van der Waals surface area contributed by atoms with Crippen LogP contribution in [0.2, 0.25) is 0 Å². The molecule has 1 aromatic carbocycles. The first-order valence-electron chi connectivity index (χ1n) is 5.16. The van der Waals surface area contributed by atoms with Gasteiger partial charge in [-0.25, -0.2) is 0 Å². The summed E-state index contributed by atoms with van der Waals surface area (Å²) in [5, 5.41) is 0. The van der Waals surface area contributed by atoms with Gasteiger partial charge in [-0.2, -0.15) is 0 Å². The Morgan fingerprint density at radius 3 is 2.79 bits per heavy atom. The number of fused-ring (bicyclic) bond motifs is 1. The molecule has 0 aliphatic carbocycles. The summed E-state index contributed by atoms with van der Waals surface area (Å²) in [7, 11) is 0. The van der Waals surface area contributed by atoms with E-state index in [1.807, 2.05) is 6.21 Å². The summed E-state index contributed by atoms with van der Waals surface area (Å²) in [4.78, 5) is 4.26. The summed E-state index contributed by atoms with van der Waals surface area (Å²) in [6, 6.07) is 6.71. The van der Waals surface area contributed by atoms with Gasteiger partial charge >= 0.3 is 0 Å². The minimum Gasteiger partial charge on any atom is -0.288 e. The lowest BCUT2D eigenvalue weighted by atomic mass is 9.87. The van der Waals surface area contributed by atoms with Crippen LogP contribution in [0.5, 0.6) is 0 Å². The van der Waals surface area contributed by atoms with E-state index in [1.165, 1.54) is 16.7 Å². The van der Waals surface area contributed by atoms with Crippen LogP contribution >= 0.6 is 0 Å². The van der Waals surface area contributed by atoms with E-state index in [0.29, 0.717) is 5.41 Å². The molecule has 0 radical (unpaired) electrons. The van der Waals surface area contributed by atoms with Gasteiger partial charge in [-0.05, 0) is 28.5 Å². The number of hydrogen-bond donors (Lipinski definition) is 0. The highest BCUT2D eigenvalue weighted by Gasteiger charge is 2.13. The van der Waals surface area contributed by atoms with Crippen molar-refractivity contribution in [3.05, 3.63) is 34.9 Å². The predicted molar refractivity (Wildman–Crippen MR) is 60.9 cm³/mol. The largest absolute Gasteiger partial charge is 0.288 e. The molecular weight excluding hydrogens is 170 g/mol. The first-order chi connectivity index (χ1) is 6.54. The molecule has 0 spiro atoms. The van der Waals surface area contributed by atoms with E-state index in [1.54, 1.807) is 0 Å². The monoisotopic (exact) mass is 187 g/mol. The Morgan fingerprint density at radius 1 is 1.29 bits per heavy atom. The molecule has 0 bridgehead atoms. The van der Waals surface area contributed by atoms with E-state index in [0.717, 1.165) is 13.0 Å². The van der Waals surface area contributed by atoms with E-state index in [2.05, 4.69) is 44.0 Å². The highest BCUT2D eigenvalue weighted by Crippen LogP contribution is 2.23. The molecule has 1 heteroatoms. The molecular formula is C13H17N. The van der Waals surface area contributed by atoms with Crippen LogP contribution in [0.3, 0.4) is 0 Å². The third-order valence-electron chi connectivity index (χ3n) is 2.43. The zero-order valence-corrected chi connectivity index (χ0v) is 9.17. The molecule has 0 unspecified atom stereocenters. The van der Waals surface area contributed by atoms with Crippen molar-refractivity contribution in [1.29, 1.82) is 0 Å². The average molecular weight is 187 g/mol. The smallest absolute Gasteiger partial charge is 0.0646 e. The van der Waals surface area contributed by atoms with Crippen LogP contribution in [0.25, 0.3) is 0 Å². The van der Waals surface area contributed by atoms with Gasteiger partial charge in [0.15, 0.2) is 0 Å². The molecule has 0 aromatic heterocycles. The maximum atomic E-state index is 4.26. The van der Waals surface area contributed by atoms with Crippen LogP contribution < -0.4 is 0 Å². The van der Waals surface area contributed by atoms with Crippen LogP contribution in [-0.4, -0.2) is 6.21 Å². The number of rotatable bonds is 1. The average Bonchev–Trinajstić information content (AvgIpc) is 2.47. The fraction of sp³-hybridized carbons (Fsp3) is 0.462. The van der Waals surface area contributed by atoms with Crippen LogP contribution in [-0.2, 0) is 13.0 Å². The van der Waals surface area contributed by atoms with Crippen molar-refractivity contribution in [3.8, 4) is 0 Å². The van der Waals surface area contributed by atoms with Crippen molar-refractivity contribution in [3.63, 3.8) is 0 Å². The fourth-order valence-corrected chi connectivity index (χ4v) is 1.89. The third kappa shape index (κ3) is 2.03. The Labute approximate surface area is 85.9 Å². The number of aliphatic imine (C=N–C) groups is 1. The van der Waals surface area contributed by atoms with E-state index in [-0.39, 0.29) is 0 Å². The number of hydrogen-bond acceptors (Lipinski definition) is 1. The molecule has 74 valence electrons. The molecule has 0 amide bonds. The Kier molecular flexibility index (Phi) is 2.18. The highest BCUT2D eigenvalue weighted by molar-refractivity contribution is 5.84. The SMILES string of the molecule is CC(C)(C)Cc1ccc2c(c1)CN=C2. The van der Waals surface area contributed by atoms with E-state index >= 15 is 0 Å². The van der Waals surface area contributed by atoms with Gasteiger partial charge in [0.2, 0.25) is 0 Å². The van der Waals surface area contributed by atoms with Crippen molar-refractivity contribution >= 4 is 6.21 Å². The quantitative estimate of drug-likeness (QED) is 0.640. The van der Waals surface area contributed by atoms with Crippen LogP contribution in [0.1, 0.15) is 37.5 Å². The van der Waals surface area contributed by atoms with Crippen LogP contribution in [0, 0.1) is 5.41 Å². The van der Waals surface area contributed by atoms with E-state index in [9.17, 15) is 0 Å². The zero-order valence-electron chi connectivity index (χ0n) is 9.17. The predicted octanol–water partition coefficient (Wildman–Crippen LogP) is 3.21. The second-order valence-corrected chi connectivity index (χ2v) is 5.24. The van der Waals surface area contributed by atoms with Gasteiger partial charge in [0.1, 0.15) is 0 Å². The Balaban J connectivity index is 2.23. The van der Waals surface area contributed by atoms with Gasteiger partial charge in [0, 0.05) is 6.21 Å². The molecule has 0 atom stereocenters. The number of nitrogens with zero attached hydrogens (tertiary/aromatic N) is 1. The summed E-state index contributed by atoms with van der Waals surface area (Å²) >= 11 is 0. The van der Waals surface area contributed by atoms with Gasteiger partial charge < -0.3 is 0 Å². The summed E-state index contributed by atoms with van der Waals surface area (Å²) in [6.45, 7) is 7.69. The minimum atomic E-state index is 0.369. The first kappa shape index (κ1) is 9.45. The maximum absolute atomic E-state index is 4.26. The Morgan fingerprint density at radius 2 is 2.07 bits per heavy atom. The molecule has 2 rings (SSSR count). The molecule has 1 nitrogen and oxygen atoms in total. The zero-order chi connectivity index (χ0) is 10.2. The molecule has 0 saturated heterocycles. The van der Waals surface area contributed by atoms with Gasteiger partial charge in [0.05, 0.1) is 6.54 Å². The normalized spacial score (nSPS) is 14.5. The third-order valence-corrected chi connectivity index (χ3v) is 2.43. The molecule has 0 saturated carbocycles. The molecule has 0 fully saturated rings. The Bertz CT molecular complexity index is 369. The Hall–Kier alpha value is -1.11. The minimum absolute atomic E-state index is 0.369. The lowest BCUT2D eigenvalue weighted by molar-refractivity contribution is 0.411. The lowest BCUT2D eigenvalue weighted by Crippen LogP contribution is -2.09. The van der Waals surface area contributed by atoms with Crippen LogP contribution in [0.4, 0.5) is 0 Å². The summed E-state index contributed by atoms with van der Waals surface area (Å²) < 4.78 is 0.